The molecule has 0 N–H and O–H groups in total. The van der Waals surface area contributed by atoms with Crippen molar-refractivity contribution in [2.24, 2.45) is 5.92 Å². The van der Waals surface area contributed by atoms with E-state index >= 15 is 0 Å². The summed E-state index contributed by atoms with van der Waals surface area (Å²) in [5.41, 5.74) is 1.10. The zero-order chi connectivity index (χ0) is 16.9. The van der Waals surface area contributed by atoms with E-state index in [0.717, 1.165) is 44.1 Å². The molecule has 2 unspecified atom stereocenters. The van der Waals surface area contributed by atoms with Gasteiger partial charge in [-0.15, -0.1) is 0 Å². The van der Waals surface area contributed by atoms with Crippen LogP contribution in [0.2, 0.25) is 0 Å². The smallest absolute Gasteiger partial charge is 0.309 e. The Labute approximate surface area is 142 Å². The second-order valence-electron chi connectivity index (χ2n) is 6.43. The summed E-state index contributed by atoms with van der Waals surface area (Å²) in [5, 5.41) is 0. The van der Waals surface area contributed by atoms with Gasteiger partial charge in [-0.05, 0) is 24.8 Å². The second kappa shape index (κ2) is 12.2. The van der Waals surface area contributed by atoms with Crippen LogP contribution >= 0.6 is 0 Å². The normalized spacial score (nSPS) is 13.5. The first kappa shape index (κ1) is 19.7. The van der Waals surface area contributed by atoms with Gasteiger partial charge in [0.15, 0.2) is 0 Å². The van der Waals surface area contributed by atoms with Gasteiger partial charge in [-0.2, -0.15) is 0 Å². The molecule has 23 heavy (non-hydrogen) atoms. The van der Waals surface area contributed by atoms with E-state index in [4.69, 9.17) is 4.74 Å². The molecule has 1 aromatic carbocycles. The van der Waals surface area contributed by atoms with Crippen LogP contribution in [-0.4, -0.2) is 5.97 Å². The van der Waals surface area contributed by atoms with Crippen molar-refractivity contribution in [3.63, 3.8) is 0 Å². The zero-order valence-corrected chi connectivity index (χ0v) is 15.2. The fraction of sp³-hybridized carbons (Fsp3) is 0.667. The first-order valence-corrected chi connectivity index (χ1v) is 9.48. The minimum Gasteiger partial charge on any atom is -0.457 e. The number of esters is 1. The van der Waals surface area contributed by atoms with E-state index in [2.05, 4.69) is 20.8 Å². The molecule has 0 fully saturated rings. The SMILES string of the molecule is CCCCCCC(CCCC)C(=O)OC(CC)c1ccccc1. The van der Waals surface area contributed by atoms with E-state index in [0.29, 0.717) is 0 Å². The number of rotatable bonds is 12. The van der Waals surface area contributed by atoms with Crippen LogP contribution in [0.3, 0.4) is 0 Å². The summed E-state index contributed by atoms with van der Waals surface area (Å²) in [4.78, 5) is 12.6. The minimum atomic E-state index is -0.108. The number of carbonyl (C=O) groups is 1. The summed E-state index contributed by atoms with van der Waals surface area (Å²) in [5.74, 6) is 0.0789. The monoisotopic (exact) mass is 318 g/mol. The topological polar surface area (TPSA) is 26.3 Å². The maximum absolute atomic E-state index is 12.6. The van der Waals surface area contributed by atoms with Gasteiger partial charge in [-0.3, -0.25) is 4.79 Å². The highest BCUT2D eigenvalue weighted by atomic mass is 16.5. The van der Waals surface area contributed by atoms with E-state index in [9.17, 15) is 4.79 Å². The van der Waals surface area contributed by atoms with Crippen LogP contribution in [0.1, 0.15) is 90.2 Å². The largest absolute Gasteiger partial charge is 0.457 e. The summed E-state index contributed by atoms with van der Waals surface area (Å²) in [6, 6.07) is 10.1. The number of carbonyl (C=O) groups excluding carboxylic acids is 1. The van der Waals surface area contributed by atoms with Crippen molar-refractivity contribution in [3.05, 3.63) is 35.9 Å². The van der Waals surface area contributed by atoms with Crippen LogP contribution in [-0.2, 0) is 9.53 Å². The summed E-state index contributed by atoms with van der Waals surface area (Å²) >= 11 is 0. The molecule has 2 atom stereocenters. The Bertz CT molecular complexity index is 413. The lowest BCUT2D eigenvalue weighted by Gasteiger charge is -2.21. The zero-order valence-electron chi connectivity index (χ0n) is 15.2. The molecule has 1 aromatic rings. The maximum Gasteiger partial charge on any atom is 0.309 e. The second-order valence-corrected chi connectivity index (χ2v) is 6.43. The summed E-state index contributed by atoms with van der Waals surface area (Å²) in [7, 11) is 0. The molecule has 0 spiro atoms. The molecule has 0 aromatic heterocycles. The van der Waals surface area contributed by atoms with Gasteiger partial charge in [-0.25, -0.2) is 0 Å². The van der Waals surface area contributed by atoms with Crippen molar-refractivity contribution >= 4 is 5.97 Å². The first-order valence-electron chi connectivity index (χ1n) is 9.48. The van der Waals surface area contributed by atoms with Gasteiger partial charge in [0.05, 0.1) is 5.92 Å². The van der Waals surface area contributed by atoms with Crippen LogP contribution in [0.5, 0.6) is 0 Å². The lowest BCUT2D eigenvalue weighted by Crippen LogP contribution is -2.20. The first-order chi connectivity index (χ1) is 11.2. The Morgan fingerprint density at radius 3 is 2.17 bits per heavy atom. The molecule has 0 bridgehead atoms. The Balaban J connectivity index is 2.59. The van der Waals surface area contributed by atoms with Crippen molar-refractivity contribution < 1.29 is 9.53 Å². The van der Waals surface area contributed by atoms with Gasteiger partial charge < -0.3 is 4.74 Å². The maximum atomic E-state index is 12.6. The molecule has 2 heteroatoms. The third-order valence-corrected chi connectivity index (χ3v) is 4.45. The highest BCUT2D eigenvalue weighted by Gasteiger charge is 2.23. The Morgan fingerprint density at radius 2 is 1.57 bits per heavy atom. The van der Waals surface area contributed by atoms with E-state index in [1.165, 1.54) is 19.3 Å². The van der Waals surface area contributed by atoms with Crippen LogP contribution < -0.4 is 0 Å². The highest BCUT2D eigenvalue weighted by Crippen LogP contribution is 2.25. The fourth-order valence-corrected chi connectivity index (χ4v) is 2.94. The predicted octanol–water partition coefficient (Wildman–Crippen LogP) is 6.46. The Morgan fingerprint density at radius 1 is 0.913 bits per heavy atom. The molecular formula is C21H34O2. The molecule has 0 amide bonds. The van der Waals surface area contributed by atoms with E-state index < -0.39 is 0 Å². The lowest BCUT2D eigenvalue weighted by molar-refractivity contribution is -0.155. The van der Waals surface area contributed by atoms with Crippen molar-refractivity contribution in [1.29, 1.82) is 0 Å². The Hall–Kier alpha value is -1.31. The van der Waals surface area contributed by atoms with Crippen LogP contribution in [0.15, 0.2) is 30.3 Å². The average molecular weight is 319 g/mol. The molecule has 130 valence electrons. The van der Waals surface area contributed by atoms with Gasteiger partial charge in [0.1, 0.15) is 6.10 Å². The number of hydrogen-bond acceptors (Lipinski definition) is 2. The summed E-state index contributed by atoms with van der Waals surface area (Å²) in [6.07, 6.45) is 9.76. The molecule has 0 heterocycles. The van der Waals surface area contributed by atoms with Crippen LogP contribution in [0, 0.1) is 5.92 Å². The van der Waals surface area contributed by atoms with Gasteiger partial charge >= 0.3 is 5.97 Å². The lowest BCUT2D eigenvalue weighted by atomic mass is 9.95. The minimum absolute atomic E-state index is 0.00523. The fourth-order valence-electron chi connectivity index (χ4n) is 2.94. The molecule has 0 saturated carbocycles. The standard InChI is InChI=1S/C21H34O2/c1-4-7-9-11-17-19(14-8-5-2)21(22)23-20(6-3)18-15-12-10-13-16-18/h10,12-13,15-16,19-20H,4-9,11,14,17H2,1-3H3. The number of unbranched alkanes of at least 4 members (excludes halogenated alkanes) is 4. The molecule has 0 aliphatic rings. The van der Waals surface area contributed by atoms with Gasteiger partial charge in [0.2, 0.25) is 0 Å². The molecule has 0 radical (unpaired) electrons. The molecular weight excluding hydrogens is 284 g/mol. The molecule has 1 rings (SSSR count). The summed E-state index contributed by atoms with van der Waals surface area (Å²) < 4.78 is 5.86. The molecule has 0 saturated heterocycles. The van der Waals surface area contributed by atoms with E-state index in [-0.39, 0.29) is 18.0 Å². The van der Waals surface area contributed by atoms with Gasteiger partial charge in [0, 0.05) is 0 Å². The third-order valence-electron chi connectivity index (χ3n) is 4.45. The van der Waals surface area contributed by atoms with E-state index in [1.807, 2.05) is 30.3 Å². The van der Waals surface area contributed by atoms with Crippen molar-refractivity contribution in [2.75, 3.05) is 0 Å². The molecule has 2 nitrogen and oxygen atoms in total. The number of benzene rings is 1. The van der Waals surface area contributed by atoms with Crippen LogP contribution in [0.25, 0.3) is 0 Å². The highest BCUT2D eigenvalue weighted by molar-refractivity contribution is 5.72. The van der Waals surface area contributed by atoms with Gasteiger partial charge in [-0.1, -0.05) is 89.6 Å². The third kappa shape index (κ3) is 7.67. The van der Waals surface area contributed by atoms with Gasteiger partial charge in [0.25, 0.3) is 0 Å². The van der Waals surface area contributed by atoms with E-state index in [1.54, 1.807) is 0 Å². The van der Waals surface area contributed by atoms with Crippen molar-refractivity contribution in [1.82, 2.24) is 0 Å². The molecule has 0 aliphatic carbocycles. The van der Waals surface area contributed by atoms with Crippen molar-refractivity contribution in [2.45, 2.75) is 84.7 Å². The predicted molar refractivity (Wildman–Crippen MR) is 97.3 cm³/mol. The average Bonchev–Trinajstić information content (AvgIpc) is 2.59. The summed E-state index contributed by atoms with van der Waals surface area (Å²) in [6.45, 7) is 6.47. The number of ether oxygens (including phenoxy) is 1. The Kier molecular flexibility index (Phi) is 10.4. The number of hydrogen-bond donors (Lipinski definition) is 0. The van der Waals surface area contributed by atoms with Crippen LogP contribution in [0.4, 0.5) is 0 Å². The quantitative estimate of drug-likeness (QED) is 0.326. The van der Waals surface area contributed by atoms with Crippen molar-refractivity contribution in [3.8, 4) is 0 Å². The molecule has 0 aliphatic heterocycles.